The van der Waals surface area contributed by atoms with Crippen LogP contribution in [0.15, 0.2) is 18.6 Å². The fourth-order valence-electron chi connectivity index (χ4n) is 3.76. The Hall–Kier alpha value is -1.69. The Morgan fingerprint density at radius 2 is 1.88 bits per heavy atom. The van der Waals surface area contributed by atoms with E-state index in [1.54, 1.807) is 12.5 Å². The Balaban J connectivity index is 1.45. The van der Waals surface area contributed by atoms with Crippen molar-refractivity contribution in [2.24, 2.45) is 0 Å². The Labute approximate surface area is 144 Å². The highest BCUT2D eigenvalue weighted by Crippen LogP contribution is 2.20. The van der Waals surface area contributed by atoms with Crippen molar-refractivity contribution >= 4 is 11.7 Å². The molecule has 0 unspecified atom stereocenters. The molecule has 6 heteroatoms. The van der Waals surface area contributed by atoms with E-state index < -0.39 is 0 Å². The lowest BCUT2D eigenvalue weighted by Crippen LogP contribution is -2.47. The SMILES string of the molecule is CN(c1ccncn1)C1CCN(CC(=O)N2CCCCCC2)CC1. The first-order valence-electron chi connectivity index (χ1n) is 9.23. The smallest absolute Gasteiger partial charge is 0.236 e. The molecule has 1 aromatic heterocycles. The molecule has 6 nitrogen and oxygen atoms in total. The van der Waals surface area contributed by atoms with Crippen LogP contribution >= 0.6 is 0 Å². The van der Waals surface area contributed by atoms with Gasteiger partial charge in [0.2, 0.25) is 5.91 Å². The van der Waals surface area contributed by atoms with Crippen molar-refractivity contribution in [1.82, 2.24) is 19.8 Å². The van der Waals surface area contributed by atoms with Gasteiger partial charge in [-0.3, -0.25) is 9.69 Å². The van der Waals surface area contributed by atoms with Gasteiger partial charge in [0.25, 0.3) is 0 Å². The summed E-state index contributed by atoms with van der Waals surface area (Å²) in [6, 6.07) is 2.44. The number of likely N-dealkylation sites (tertiary alicyclic amines) is 2. The van der Waals surface area contributed by atoms with Gasteiger partial charge >= 0.3 is 0 Å². The van der Waals surface area contributed by atoms with Crippen LogP contribution in [0.5, 0.6) is 0 Å². The molecule has 0 atom stereocenters. The largest absolute Gasteiger partial charge is 0.356 e. The van der Waals surface area contributed by atoms with E-state index in [1.807, 2.05) is 6.07 Å². The average molecular weight is 331 g/mol. The standard InChI is InChI=1S/C18H29N5O/c1-21(17-6-9-19-15-20-17)16-7-12-22(13-8-16)14-18(24)23-10-4-2-3-5-11-23/h6,9,15-16H,2-5,7-8,10-14H2,1H3. The molecule has 0 spiro atoms. The van der Waals surface area contributed by atoms with Crippen LogP contribution in [0.1, 0.15) is 38.5 Å². The minimum absolute atomic E-state index is 0.319. The molecule has 0 aliphatic carbocycles. The third-order valence-electron chi connectivity index (χ3n) is 5.35. The summed E-state index contributed by atoms with van der Waals surface area (Å²) in [6.07, 6.45) is 10.4. The predicted octanol–water partition coefficient (Wildman–Crippen LogP) is 1.78. The molecule has 2 aliphatic heterocycles. The maximum atomic E-state index is 12.5. The molecule has 0 aromatic carbocycles. The lowest BCUT2D eigenvalue weighted by Gasteiger charge is -2.37. The molecule has 24 heavy (non-hydrogen) atoms. The van der Waals surface area contributed by atoms with E-state index in [-0.39, 0.29) is 0 Å². The van der Waals surface area contributed by atoms with E-state index in [0.29, 0.717) is 18.5 Å². The van der Waals surface area contributed by atoms with E-state index in [4.69, 9.17) is 0 Å². The fourth-order valence-corrected chi connectivity index (χ4v) is 3.76. The maximum Gasteiger partial charge on any atom is 0.236 e. The highest BCUT2D eigenvalue weighted by atomic mass is 16.2. The third kappa shape index (κ3) is 4.44. The van der Waals surface area contributed by atoms with Crippen molar-refractivity contribution in [1.29, 1.82) is 0 Å². The molecular weight excluding hydrogens is 302 g/mol. The molecule has 3 heterocycles. The van der Waals surface area contributed by atoms with Gasteiger partial charge < -0.3 is 9.80 Å². The van der Waals surface area contributed by atoms with Crippen molar-refractivity contribution in [3.05, 3.63) is 18.6 Å². The van der Waals surface area contributed by atoms with Gasteiger partial charge in [-0.15, -0.1) is 0 Å². The Kier molecular flexibility index (Phi) is 6.01. The van der Waals surface area contributed by atoms with Crippen LogP contribution < -0.4 is 4.90 Å². The van der Waals surface area contributed by atoms with E-state index in [2.05, 4.69) is 31.7 Å². The van der Waals surface area contributed by atoms with E-state index in [0.717, 1.165) is 57.7 Å². The van der Waals surface area contributed by atoms with Crippen molar-refractivity contribution < 1.29 is 4.79 Å². The average Bonchev–Trinajstić information content (AvgIpc) is 2.92. The molecule has 1 aromatic rings. The summed E-state index contributed by atoms with van der Waals surface area (Å²) in [5, 5.41) is 0. The van der Waals surface area contributed by atoms with Crippen molar-refractivity contribution in [2.45, 2.75) is 44.6 Å². The normalized spacial score (nSPS) is 20.6. The summed E-state index contributed by atoms with van der Waals surface area (Å²) in [4.78, 5) is 27.5. The molecule has 0 radical (unpaired) electrons. The van der Waals surface area contributed by atoms with Crippen molar-refractivity contribution in [2.75, 3.05) is 44.7 Å². The van der Waals surface area contributed by atoms with Gasteiger partial charge in [-0.2, -0.15) is 0 Å². The molecule has 132 valence electrons. The first-order valence-corrected chi connectivity index (χ1v) is 9.23. The van der Waals surface area contributed by atoms with E-state index in [9.17, 15) is 4.79 Å². The minimum atomic E-state index is 0.319. The molecule has 2 aliphatic rings. The zero-order chi connectivity index (χ0) is 16.8. The van der Waals surface area contributed by atoms with Crippen LogP contribution in [-0.4, -0.2) is 71.5 Å². The Bertz CT molecular complexity index is 507. The van der Waals surface area contributed by atoms with Crippen LogP contribution in [0.25, 0.3) is 0 Å². The lowest BCUT2D eigenvalue weighted by atomic mass is 10.0. The van der Waals surface area contributed by atoms with Gasteiger partial charge in [0.1, 0.15) is 12.1 Å². The van der Waals surface area contributed by atoms with Crippen LogP contribution in [0.2, 0.25) is 0 Å². The monoisotopic (exact) mass is 331 g/mol. The fraction of sp³-hybridized carbons (Fsp3) is 0.722. The number of hydrogen-bond donors (Lipinski definition) is 0. The highest BCUT2D eigenvalue weighted by Gasteiger charge is 2.25. The molecule has 2 saturated heterocycles. The molecule has 0 bridgehead atoms. The number of carbonyl (C=O) groups excluding carboxylic acids is 1. The Morgan fingerprint density at radius 1 is 1.17 bits per heavy atom. The maximum absolute atomic E-state index is 12.5. The van der Waals surface area contributed by atoms with Gasteiger partial charge in [0, 0.05) is 45.5 Å². The number of hydrogen-bond acceptors (Lipinski definition) is 5. The van der Waals surface area contributed by atoms with Gasteiger partial charge in [0.15, 0.2) is 0 Å². The first kappa shape index (κ1) is 17.1. The quantitative estimate of drug-likeness (QED) is 0.842. The minimum Gasteiger partial charge on any atom is -0.356 e. The summed E-state index contributed by atoms with van der Waals surface area (Å²) in [6.45, 7) is 4.46. The number of amides is 1. The number of rotatable bonds is 4. The number of carbonyl (C=O) groups is 1. The van der Waals surface area contributed by atoms with Crippen LogP contribution in [0.4, 0.5) is 5.82 Å². The van der Waals surface area contributed by atoms with Crippen LogP contribution in [-0.2, 0) is 4.79 Å². The first-order chi connectivity index (χ1) is 11.7. The molecular formula is C18H29N5O. The summed E-state index contributed by atoms with van der Waals surface area (Å²) in [5.41, 5.74) is 0. The van der Waals surface area contributed by atoms with E-state index in [1.165, 1.54) is 12.8 Å². The number of aromatic nitrogens is 2. The lowest BCUT2D eigenvalue weighted by molar-refractivity contribution is -0.132. The summed E-state index contributed by atoms with van der Waals surface area (Å²) in [5.74, 6) is 1.29. The number of nitrogens with zero attached hydrogens (tertiary/aromatic N) is 5. The van der Waals surface area contributed by atoms with Crippen molar-refractivity contribution in [3.8, 4) is 0 Å². The zero-order valence-corrected chi connectivity index (χ0v) is 14.7. The van der Waals surface area contributed by atoms with Crippen LogP contribution in [0, 0.1) is 0 Å². The number of anilines is 1. The zero-order valence-electron chi connectivity index (χ0n) is 14.7. The van der Waals surface area contributed by atoms with Gasteiger partial charge in [-0.25, -0.2) is 9.97 Å². The molecule has 0 saturated carbocycles. The summed E-state index contributed by atoms with van der Waals surface area (Å²) < 4.78 is 0. The molecule has 3 rings (SSSR count). The van der Waals surface area contributed by atoms with Gasteiger partial charge in [0.05, 0.1) is 6.54 Å². The summed E-state index contributed by atoms with van der Waals surface area (Å²) in [7, 11) is 2.10. The van der Waals surface area contributed by atoms with Gasteiger partial charge in [-0.1, -0.05) is 12.8 Å². The molecule has 1 amide bonds. The second-order valence-corrected chi connectivity index (χ2v) is 6.98. The summed E-state index contributed by atoms with van der Waals surface area (Å²) >= 11 is 0. The van der Waals surface area contributed by atoms with E-state index >= 15 is 0 Å². The number of piperidine rings is 1. The van der Waals surface area contributed by atoms with Crippen molar-refractivity contribution in [3.63, 3.8) is 0 Å². The predicted molar refractivity (Wildman–Crippen MR) is 94.9 cm³/mol. The third-order valence-corrected chi connectivity index (χ3v) is 5.35. The molecule has 2 fully saturated rings. The second kappa shape index (κ2) is 8.42. The second-order valence-electron chi connectivity index (χ2n) is 6.98. The van der Waals surface area contributed by atoms with Crippen LogP contribution in [0.3, 0.4) is 0 Å². The topological polar surface area (TPSA) is 52.6 Å². The highest BCUT2D eigenvalue weighted by molar-refractivity contribution is 5.78. The van der Waals surface area contributed by atoms with Gasteiger partial charge in [-0.05, 0) is 31.7 Å². The molecule has 0 N–H and O–H groups in total. The Morgan fingerprint density at radius 3 is 2.50 bits per heavy atom.